The molecule has 1 aromatic carbocycles. The van der Waals surface area contributed by atoms with E-state index in [9.17, 15) is 15.3 Å². The van der Waals surface area contributed by atoms with Crippen LogP contribution in [-0.4, -0.2) is 14.9 Å². The second kappa shape index (κ2) is 5.54. The Morgan fingerprint density at radius 3 is 2.58 bits per heavy atom. The predicted octanol–water partition coefficient (Wildman–Crippen LogP) is 3.39. The van der Waals surface area contributed by atoms with E-state index in [4.69, 9.17) is 0 Å². The summed E-state index contributed by atoms with van der Waals surface area (Å²) >= 11 is 6.66. The standard InChI is InChI=1S/C11H7Br2N3O3/c12-7-1-3-10(9(13)5-7)14-11-4-2-8(16(18)19)6-15(11)17/h1-6,17H. The van der Waals surface area contributed by atoms with E-state index >= 15 is 0 Å². The third-order valence-electron chi connectivity index (χ3n) is 2.25. The molecular weight excluding hydrogens is 382 g/mol. The summed E-state index contributed by atoms with van der Waals surface area (Å²) in [5, 5.41) is 20.2. The van der Waals surface area contributed by atoms with Crippen molar-refractivity contribution in [2.45, 2.75) is 0 Å². The van der Waals surface area contributed by atoms with Gasteiger partial charge in [-0.3, -0.25) is 10.1 Å². The summed E-state index contributed by atoms with van der Waals surface area (Å²) in [6.45, 7) is 0. The quantitative estimate of drug-likeness (QED) is 0.486. The average Bonchev–Trinajstić information content (AvgIpc) is 2.34. The second-order valence-electron chi connectivity index (χ2n) is 3.55. The van der Waals surface area contributed by atoms with Crippen molar-refractivity contribution in [1.29, 1.82) is 0 Å². The molecular formula is C11H7Br2N3O3. The minimum Gasteiger partial charge on any atom is -0.427 e. The average molecular weight is 389 g/mol. The lowest BCUT2D eigenvalue weighted by atomic mass is 10.3. The van der Waals surface area contributed by atoms with Crippen LogP contribution in [-0.2, 0) is 0 Å². The Labute approximate surface area is 124 Å². The molecule has 0 aliphatic carbocycles. The van der Waals surface area contributed by atoms with Crippen LogP contribution in [0.15, 0.2) is 50.5 Å². The minimum atomic E-state index is -0.591. The molecule has 2 aromatic rings. The highest BCUT2D eigenvalue weighted by Crippen LogP contribution is 2.27. The van der Waals surface area contributed by atoms with Crippen LogP contribution in [0.5, 0.6) is 0 Å². The van der Waals surface area contributed by atoms with E-state index in [2.05, 4.69) is 36.9 Å². The number of pyridine rings is 1. The SMILES string of the molecule is O=[N+]([O-])c1ccc(=Nc2ccc(Br)cc2Br)n(O)c1. The first-order valence-electron chi connectivity index (χ1n) is 5.03. The lowest BCUT2D eigenvalue weighted by Gasteiger charge is -2.01. The van der Waals surface area contributed by atoms with E-state index in [-0.39, 0.29) is 11.2 Å². The van der Waals surface area contributed by atoms with Crippen LogP contribution < -0.4 is 5.49 Å². The lowest BCUT2D eigenvalue weighted by molar-refractivity contribution is -0.385. The van der Waals surface area contributed by atoms with Gasteiger partial charge in [-0.15, -0.1) is 0 Å². The maximum Gasteiger partial charge on any atom is 0.289 e. The Hall–Kier alpha value is -1.67. The van der Waals surface area contributed by atoms with Crippen molar-refractivity contribution < 1.29 is 10.1 Å². The van der Waals surface area contributed by atoms with Crippen molar-refractivity contribution in [3.8, 4) is 0 Å². The molecule has 98 valence electrons. The lowest BCUT2D eigenvalue weighted by Crippen LogP contribution is -2.17. The molecule has 0 spiro atoms. The van der Waals surface area contributed by atoms with Gasteiger partial charge in [0, 0.05) is 15.0 Å². The number of rotatable bonds is 2. The van der Waals surface area contributed by atoms with Gasteiger partial charge in [0.1, 0.15) is 6.20 Å². The summed E-state index contributed by atoms with van der Waals surface area (Å²) in [6.07, 6.45) is 0.992. The molecule has 6 nitrogen and oxygen atoms in total. The van der Waals surface area contributed by atoms with Crippen LogP contribution in [0.3, 0.4) is 0 Å². The van der Waals surface area contributed by atoms with Crippen LogP contribution in [0.25, 0.3) is 0 Å². The summed E-state index contributed by atoms with van der Waals surface area (Å²) < 4.78 is 2.24. The molecule has 0 saturated heterocycles. The summed E-state index contributed by atoms with van der Waals surface area (Å²) in [7, 11) is 0. The normalized spacial score (nSPS) is 11.6. The molecule has 0 amide bonds. The van der Waals surface area contributed by atoms with Crippen molar-refractivity contribution in [2.75, 3.05) is 0 Å². The Balaban J connectivity index is 2.52. The molecule has 0 unspecified atom stereocenters. The molecule has 0 fully saturated rings. The zero-order valence-corrected chi connectivity index (χ0v) is 12.5. The molecule has 2 rings (SSSR count). The van der Waals surface area contributed by atoms with Crippen molar-refractivity contribution in [3.05, 3.63) is 61.1 Å². The highest BCUT2D eigenvalue weighted by atomic mass is 79.9. The first kappa shape index (κ1) is 13.8. The maximum atomic E-state index is 10.6. The predicted molar refractivity (Wildman–Crippen MR) is 75.3 cm³/mol. The van der Waals surface area contributed by atoms with E-state index in [0.29, 0.717) is 10.4 Å². The fraction of sp³-hybridized carbons (Fsp3) is 0. The minimum absolute atomic E-state index is 0.189. The summed E-state index contributed by atoms with van der Waals surface area (Å²) in [6, 6.07) is 8.00. The fourth-order valence-corrected chi connectivity index (χ4v) is 2.50. The van der Waals surface area contributed by atoms with Crippen LogP contribution in [0, 0.1) is 10.1 Å². The van der Waals surface area contributed by atoms with Crippen molar-refractivity contribution in [1.82, 2.24) is 4.73 Å². The van der Waals surface area contributed by atoms with Crippen molar-refractivity contribution in [3.63, 3.8) is 0 Å². The number of aromatic nitrogens is 1. The highest BCUT2D eigenvalue weighted by Gasteiger charge is 2.06. The number of halogens is 2. The van der Waals surface area contributed by atoms with Gasteiger partial charge in [0.2, 0.25) is 0 Å². The van der Waals surface area contributed by atoms with Gasteiger partial charge in [0.05, 0.1) is 10.6 Å². The number of nitro groups is 1. The van der Waals surface area contributed by atoms with E-state index in [1.165, 1.54) is 12.1 Å². The Morgan fingerprint density at radius 1 is 1.26 bits per heavy atom. The molecule has 0 saturated carbocycles. The highest BCUT2D eigenvalue weighted by molar-refractivity contribution is 9.11. The monoisotopic (exact) mass is 387 g/mol. The van der Waals surface area contributed by atoms with Crippen LogP contribution >= 0.6 is 31.9 Å². The third kappa shape index (κ3) is 3.21. The maximum absolute atomic E-state index is 10.6. The van der Waals surface area contributed by atoms with Gasteiger partial charge in [-0.1, -0.05) is 15.9 Å². The Morgan fingerprint density at radius 2 is 2.00 bits per heavy atom. The van der Waals surface area contributed by atoms with Crippen LogP contribution in [0.1, 0.15) is 0 Å². The van der Waals surface area contributed by atoms with Gasteiger partial charge < -0.3 is 5.21 Å². The Bertz CT molecular complexity index is 713. The Kier molecular flexibility index (Phi) is 4.01. The first-order chi connectivity index (χ1) is 8.97. The zero-order chi connectivity index (χ0) is 14.0. The molecule has 0 radical (unpaired) electrons. The molecule has 8 heteroatoms. The number of benzene rings is 1. The van der Waals surface area contributed by atoms with Crippen LogP contribution in [0.4, 0.5) is 11.4 Å². The topological polar surface area (TPSA) is 80.7 Å². The molecule has 0 bridgehead atoms. The second-order valence-corrected chi connectivity index (χ2v) is 5.32. The van der Waals surface area contributed by atoms with E-state index in [0.717, 1.165) is 15.1 Å². The summed E-state index contributed by atoms with van der Waals surface area (Å²) in [5.41, 5.74) is 0.574. The zero-order valence-electron chi connectivity index (χ0n) is 9.33. The van der Waals surface area contributed by atoms with Gasteiger partial charge in [-0.2, -0.15) is 4.73 Å². The van der Waals surface area contributed by atoms with E-state index in [1.807, 2.05) is 6.07 Å². The smallest absolute Gasteiger partial charge is 0.289 e. The molecule has 0 atom stereocenters. The fourth-order valence-electron chi connectivity index (χ4n) is 1.36. The van der Waals surface area contributed by atoms with Crippen molar-refractivity contribution in [2.24, 2.45) is 4.99 Å². The molecule has 0 aliphatic rings. The molecule has 1 heterocycles. The number of hydrogen-bond donors (Lipinski definition) is 1. The number of nitrogens with zero attached hydrogens (tertiary/aromatic N) is 3. The first-order valence-corrected chi connectivity index (χ1v) is 6.62. The third-order valence-corrected chi connectivity index (χ3v) is 3.38. The number of hydrogen-bond acceptors (Lipinski definition) is 4. The molecule has 1 N–H and O–H groups in total. The molecule has 0 aliphatic heterocycles. The molecule has 1 aromatic heterocycles. The van der Waals surface area contributed by atoms with Gasteiger partial charge in [0.25, 0.3) is 5.69 Å². The largest absolute Gasteiger partial charge is 0.427 e. The van der Waals surface area contributed by atoms with Gasteiger partial charge in [-0.05, 0) is 40.2 Å². The van der Waals surface area contributed by atoms with E-state index < -0.39 is 4.92 Å². The van der Waals surface area contributed by atoms with Gasteiger partial charge >= 0.3 is 0 Å². The van der Waals surface area contributed by atoms with Gasteiger partial charge in [0.15, 0.2) is 5.49 Å². The summed E-state index contributed by atoms with van der Waals surface area (Å²) in [4.78, 5) is 14.2. The van der Waals surface area contributed by atoms with Crippen LogP contribution in [0.2, 0.25) is 0 Å². The van der Waals surface area contributed by atoms with E-state index in [1.54, 1.807) is 12.1 Å². The summed E-state index contributed by atoms with van der Waals surface area (Å²) in [5.74, 6) is 0. The van der Waals surface area contributed by atoms with Gasteiger partial charge in [-0.25, -0.2) is 4.99 Å². The van der Waals surface area contributed by atoms with Crippen molar-refractivity contribution >= 4 is 43.2 Å². The molecule has 19 heavy (non-hydrogen) atoms.